The summed E-state index contributed by atoms with van der Waals surface area (Å²) in [5, 5.41) is 0. The molecule has 0 saturated heterocycles. The number of ether oxygens (including phenoxy) is 2. The van der Waals surface area contributed by atoms with E-state index in [0.29, 0.717) is 24.6 Å². The third-order valence-corrected chi connectivity index (χ3v) is 3.58. The highest BCUT2D eigenvalue weighted by molar-refractivity contribution is 5.88. The van der Waals surface area contributed by atoms with Crippen molar-refractivity contribution in [1.29, 1.82) is 0 Å². The first-order chi connectivity index (χ1) is 11.2. The number of rotatable bonds is 5. The van der Waals surface area contributed by atoms with Crippen LogP contribution in [0.3, 0.4) is 0 Å². The zero-order chi connectivity index (χ0) is 16.2. The molecule has 1 aromatic carbocycles. The van der Waals surface area contributed by atoms with E-state index in [9.17, 15) is 4.79 Å². The van der Waals surface area contributed by atoms with Gasteiger partial charge in [0.05, 0.1) is 6.61 Å². The van der Waals surface area contributed by atoms with Crippen LogP contribution >= 0.6 is 0 Å². The second kappa shape index (κ2) is 6.52. The molecule has 0 aliphatic carbocycles. The molecule has 0 saturated carbocycles. The summed E-state index contributed by atoms with van der Waals surface area (Å²) in [5.74, 6) is 0.201. The molecule has 0 aliphatic heterocycles. The fourth-order valence-corrected chi connectivity index (χ4v) is 2.33. The number of hydrogen-bond donors (Lipinski definition) is 0. The molecule has 3 rings (SSSR count). The highest BCUT2D eigenvalue weighted by Crippen LogP contribution is 2.21. The van der Waals surface area contributed by atoms with Gasteiger partial charge < -0.3 is 13.9 Å². The molecule has 0 atom stereocenters. The SMILES string of the molecule is CCOC(=O)c1cn2cccc(OCc3ccccc3C)c2n1. The van der Waals surface area contributed by atoms with Gasteiger partial charge in [0.1, 0.15) is 6.61 Å². The molecular formula is C18H18N2O3. The van der Waals surface area contributed by atoms with Crippen LogP contribution in [0.4, 0.5) is 0 Å². The average Bonchev–Trinajstić information content (AvgIpc) is 2.99. The Morgan fingerprint density at radius 1 is 1.22 bits per heavy atom. The van der Waals surface area contributed by atoms with E-state index < -0.39 is 5.97 Å². The number of aromatic nitrogens is 2. The zero-order valence-electron chi connectivity index (χ0n) is 13.2. The summed E-state index contributed by atoms with van der Waals surface area (Å²) in [4.78, 5) is 16.1. The number of pyridine rings is 1. The van der Waals surface area contributed by atoms with E-state index in [-0.39, 0.29) is 5.69 Å². The van der Waals surface area contributed by atoms with Crippen LogP contribution in [0.25, 0.3) is 5.65 Å². The topological polar surface area (TPSA) is 52.8 Å². The summed E-state index contributed by atoms with van der Waals surface area (Å²) in [6.45, 7) is 4.59. The van der Waals surface area contributed by atoms with Crippen LogP contribution in [0.5, 0.6) is 5.75 Å². The van der Waals surface area contributed by atoms with Gasteiger partial charge in [-0.1, -0.05) is 24.3 Å². The van der Waals surface area contributed by atoms with Gasteiger partial charge in [-0.15, -0.1) is 0 Å². The molecule has 2 aromatic heterocycles. The summed E-state index contributed by atoms with van der Waals surface area (Å²) in [6.07, 6.45) is 3.47. The van der Waals surface area contributed by atoms with E-state index >= 15 is 0 Å². The second-order valence-electron chi connectivity index (χ2n) is 5.17. The Bertz CT molecular complexity index is 839. The molecule has 23 heavy (non-hydrogen) atoms. The summed E-state index contributed by atoms with van der Waals surface area (Å²) in [5.41, 5.74) is 3.17. The molecule has 0 unspecified atom stereocenters. The largest absolute Gasteiger partial charge is 0.485 e. The first kappa shape index (κ1) is 15.1. The van der Waals surface area contributed by atoms with Crippen molar-refractivity contribution in [2.45, 2.75) is 20.5 Å². The zero-order valence-corrected chi connectivity index (χ0v) is 13.2. The van der Waals surface area contributed by atoms with E-state index in [4.69, 9.17) is 9.47 Å². The Kier molecular flexibility index (Phi) is 4.28. The third-order valence-electron chi connectivity index (χ3n) is 3.58. The van der Waals surface area contributed by atoms with Gasteiger partial charge in [0.15, 0.2) is 17.1 Å². The second-order valence-corrected chi connectivity index (χ2v) is 5.17. The lowest BCUT2D eigenvalue weighted by atomic mass is 10.1. The number of esters is 1. The fourth-order valence-electron chi connectivity index (χ4n) is 2.33. The minimum Gasteiger partial charge on any atom is -0.485 e. The summed E-state index contributed by atoms with van der Waals surface area (Å²) < 4.78 is 12.7. The average molecular weight is 310 g/mol. The number of carbonyl (C=O) groups is 1. The molecule has 0 N–H and O–H groups in total. The van der Waals surface area contributed by atoms with E-state index in [0.717, 1.165) is 5.56 Å². The van der Waals surface area contributed by atoms with E-state index in [1.54, 1.807) is 17.5 Å². The first-order valence-electron chi connectivity index (χ1n) is 7.51. The molecule has 0 fully saturated rings. The molecule has 0 aliphatic rings. The van der Waals surface area contributed by atoms with Gasteiger partial charge in [-0.25, -0.2) is 9.78 Å². The van der Waals surface area contributed by atoms with Crippen molar-refractivity contribution in [1.82, 2.24) is 9.38 Å². The number of aryl methyl sites for hydroxylation is 1. The number of benzene rings is 1. The quantitative estimate of drug-likeness (QED) is 0.678. The molecule has 5 heteroatoms. The van der Waals surface area contributed by atoms with Gasteiger partial charge in [0.2, 0.25) is 0 Å². The van der Waals surface area contributed by atoms with Crippen molar-refractivity contribution < 1.29 is 14.3 Å². The molecule has 118 valence electrons. The Morgan fingerprint density at radius 3 is 2.83 bits per heavy atom. The molecule has 2 heterocycles. The van der Waals surface area contributed by atoms with Gasteiger partial charge in [0, 0.05) is 12.4 Å². The van der Waals surface area contributed by atoms with Crippen molar-refractivity contribution in [2.24, 2.45) is 0 Å². The lowest BCUT2D eigenvalue weighted by Crippen LogP contribution is -2.04. The van der Waals surface area contributed by atoms with Crippen molar-refractivity contribution >= 4 is 11.6 Å². The Labute approximate surface area is 134 Å². The Balaban J connectivity index is 1.86. The predicted octanol–water partition coefficient (Wildman–Crippen LogP) is 3.40. The smallest absolute Gasteiger partial charge is 0.358 e. The summed E-state index contributed by atoms with van der Waals surface area (Å²) in [7, 11) is 0. The molecule has 0 radical (unpaired) electrons. The standard InChI is InChI=1S/C18H18N2O3/c1-3-22-18(21)15-11-20-10-6-9-16(17(20)19-15)23-12-14-8-5-4-7-13(14)2/h4-11H,3,12H2,1-2H3. The van der Waals surface area contributed by atoms with Crippen LogP contribution in [0, 0.1) is 6.92 Å². The maximum absolute atomic E-state index is 11.8. The van der Waals surface area contributed by atoms with Gasteiger partial charge >= 0.3 is 5.97 Å². The van der Waals surface area contributed by atoms with Crippen LogP contribution in [-0.2, 0) is 11.3 Å². The van der Waals surface area contributed by atoms with E-state index in [1.807, 2.05) is 49.5 Å². The minimum atomic E-state index is -0.430. The maximum atomic E-state index is 11.8. The molecule has 0 spiro atoms. The number of nitrogens with zero attached hydrogens (tertiary/aromatic N) is 2. The van der Waals surface area contributed by atoms with E-state index in [2.05, 4.69) is 4.98 Å². The van der Waals surface area contributed by atoms with Gasteiger partial charge in [0.25, 0.3) is 0 Å². The Hall–Kier alpha value is -2.82. The number of hydrogen-bond acceptors (Lipinski definition) is 4. The van der Waals surface area contributed by atoms with Crippen molar-refractivity contribution in [3.63, 3.8) is 0 Å². The van der Waals surface area contributed by atoms with Gasteiger partial charge in [-0.05, 0) is 37.1 Å². The lowest BCUT2D eigenvalue weighted by Gasteiger charge is -2.09. The number of carbonyl (C=O) groups excluding carboxylic acids is 1. The van der Waals surface area contributed by atoms with Gasteiger partial charge in [-0.2, -0.15) is 0 Å². The molecule has 0 bridgehead atoms. The van der Waals surface area contributed by atoms with Crippen LogP contribution in [-0.4, -0.2) is 22.0 Å². The summed E-state index contributed by atoms with van der Waals surface area (Å²) >= 11 is 0. The first-order valence-corrected chi connectivity index (χ1v) is 7.51. The Morgan fingerprint density at radius 2 is 2.04 bits per heavy atom. The highest BCUT2D eigenvalue weighted by atomic mass is 16.5. The predicted molar refractivity (Wildman–Crippen MR) is 86.7 cm³/mol. The molecule has 3 aromatic rings. The molecule has 5 nitrogen and oxygen atoms in total. The fraction of sp³-hybridized carbons (Fsp3) is 0.222. The third kappa shape index (κ3) is 3.18. The van der Waals surface area contributed by atoms with Crippen LogP contribution in [0.15, 0.2) is 48.8 Å². The molecule has 0 amide bonds. The van der Waals surface area contributed by atoms with E-state index in [1.165, 1.54) is 5.56 Å². The molecular weight excluding hydrogens is 292 g/mol. The monoisotopic (exact) mass is 310 g/mol. The maximum Gasteiger partial charge on any atom is 0.358 e. The summed E-state index contributed by atoms with van der Waals surface area (Å²) in [6, 6.07) is 11.8. The van der Waals surface area contributed by atoms with Crippen LogP contribution in [0.2, 0.25) is 0 Å². The van der Waals surface area contributed by atoms with Crippen molar-refractivity contribution in [2.75, 3.05) is 6.61 Å². The number of fused-ring (bicyclic) bond motifs is 1. The minimum absolute atomic E-state index is 0.277. The number of imidazole rings is 1. The van der Waals surface area contributed by atoms with Crippen molar-refractivity contribution in [3.8, 4) is 5.75 Å². The van der Waals surface area contributed by atoms with Crippen LogP contribution in [0.1, 0.15) is 28.5 Å². The normalized spacial score (nSPS) is 10.7. The van der Waals surface area contributed by atoms with Crippen molar-refractivity contribution in [3.05, 3.63) is 65.6 Å². The lowest BCUT2D eigenvalue weighted by molar-refractivity contribution is 0.0520. The van der Waals surface area contributed by atoms with Crippen LogP contribution < -0.4 is 4.74 Å². The highest BCUT2D eigenvalue weighted by Gasteiger charge is 2.14. The van der Waals surface area contributed by atoms with Gasteiger partial charge in [-0.3, -0.25) is 0 Å².